The summed E-state index contributed by atoms with van der Waals surface area (Å²) in [5.41, 5.74) is 4.54. The largest absolute Gasteiger partial charge is 0.478 e. The van der Waals surface area contributed by atoms with Gasteiger partial charge >= 0.3 is 5.97 Å². The van der Waals surface area contributed by atoms with Crippen LogP contribution in [0.25, 0.3) is 0 Å². The summed E-state index contributed by atoms with van der Waals surface area (Å²) in [6, 6.07) is 5.83. The Morgan fingerprint density at radius 2 is 2.00 bits per heavy atom. The van der Waals surface area contributed by atoms with Gasteiger partial charge in [0.25, 0.3) is 0 Å². The number of hydrogen-bond donors (Lipinski definition) is 5. The zero-order valence-corrected chi connectivity index (χ0v) is 13.0. The van der Waals surface area contributed by atoms with Crippen molar-refractivity contribution in [2.75, 3.05) is 6.61 Å². The molecule has 1 aromatic rings. The first kappa shape index (κ1) is 19.8. The normalized spacial score (nSPS) is 26.0. The van der Waals surface area contributed by atoms with E-state index in [1.54, 1.807) is 6.07 Å². The van der Waals surface area contributed by atoms with E-state index in [4.69, 9.17) is 19.7 Å². The van der Waals surface area contributed by atoms with Crippen LogP contribution in [0.2, 0.25) is 0 Å². The summed E-state index contributed by atoms with van der Waals surface area (Å²) >= 11 is 0. The number of amides is 1. The molecule has 4 unspecified atom stereocenters. The molecule has 1 aliphatic heterocycles. The Balaban J connectivity index is 0.000000648. The van der Waals surface area contributed by atoms with E-state index in [-0.39, 0.29) is 23.6 Å². The molecule has 0 aromatic heterocycles. The second kappa shape index (κ2) is 9.18. The molecule has 9 nitrogen and oxygen atoms in total. The summed E-state index contributed by atoms with van der Waals surface area (Å²) in [6.45, 7) is 0.854. The van der Waals surface area contributed by atoms with Crippen molar-refractivity contribution in [3.8, 4) is 5.75 Å². The molecule has 0 saturated carbocycles. The van der Waals surface area contributed by atoms with Crippen LogP contribution < -0.4 is 10.5 Å². The summed E-state index contributed by atoms with van der Waals surface area (Å²) in [4.78, 5) is 20.1. The highest BCUT2D eigenvalue weighted by atomic mass is 16.7. The van der Waals surface area contributed by atoms with Gasteiger partial charge in [0.15, 0.2) is 0 Å². The van der Waals surface area contributed by atoms with Crippen LogP contribution in [0.15, 0.2) is 24.3 Å². The molecular formula is C15H21NO8. The Hall–Kier alpha value is -2.20. The van der Waals surface area contributed by atoms with Crippen molar-refractivity contribution in [2.24, 2.45) is 5.73 Å². The van der Waals surface area contributed by atoms with Gasteiger partial charge in [0.2, 0.25) is 12.2 Å². The summed E-state index contributed by atoms with van der Waals surface area (Å²) in [7, 11) is 0. The number of hydrogen-bond acceptors (Lipinski definition) is 7. The Bertz CT molecular complexity index is 560. The number of nitrogens with two attached hydrogens (primary N) is 1. The minimum atomic E-state index is -1.18. The van der Waals surface area contributed by atoms with Crippen molar-refractivity contribution >= 4 is 11.9 Å². The van der Waals surface area contributed by atoms with E-state index < -0.39 is 37.2 Å². The highest BCUT2D eigenvalue weighted by molar-refractivity contribution is 5.88. The van der Waals surface area contributed by atoms with Crippen LogP contribution in [0.5, 0.6) is 5.75 Å². The third-order valence-electron chi connectivity index (χ3n) is 3.06. The van der Waals surface area contributed by atoms with Crippen LogP contribution in [-0.2, 0) is 9.53 Å². The highest BCUT2D eigenvalue weighted by Crippen LogP contribution is 2.24. The predicted octanol–water partition coefficient (Wildman–Crippen LogP) is -0.916. The summed E-state index contributed by atoms with van der Waals surface area (Å²) in [6.07, 6.45) is -4.03. The monoisotopic (exact) mass is 343 g/mol. The fraction of sp³-hybridized carbons (Fsp3) is 0.467. The van der Waals surface area contributed by atoms with Crippen LogP contribution in [0.4, 0.5) is 0 Å². The van der Waals surface area contributed by atoms with Crippen LogP contribution >= 0.6 is 0 Å². The zero-order valence-electron chi connectivity index (χ0n) is 13.0. The summed E-state index contributed by atoms with van der Waals surface area (Å²) in [5, 5.41) is 37.2. The standard InChI is InChI=1S/C13H16O7.C2H5NO/c14-6-10-12(16)9(15)5-11(20-10)19-8-3-1-2-7(4-8)13(17)18;1-2(3)4/h1-4,9-12,14-16H,5-6H2,(H,17,18);1H3,(H2,3,4). The van der Waals surface area contributed by atoms with E-state index in [1.807, 2.05) is 0 Å². The van der Waals surface area contributed by atoms with Crippen LogP contribution in [0, 0.1) is 0 Å². The van der Waals surface area contributed by atoms with E-state index in [9.17, 15) is 19.8 Å². The molecule has 0 aliphatic carbocycles. The lowest BCUT2D eigenvalue weighted by atomic mass is 10.0. The molecule has 1 fully saturated rings. The van der Waals surface area contributed by atoms with Crippen molar-refractivity contribution < 1.29 is 39.5 Å². The lowest BCUT2D eigenvalue weighted by Crippen LogP contribution is -2.51. The molecule has 6 N–H and O–H groups in total. The van der Waals surface area contributed by atoms with Crippen molar-refractivity contribution in [3.05, 3.63) is 29.8 Å². The second-order valence-corrected chi connectivity index (χ2v) is 5.14. The van der Waals surface area contributed by atoms with Crippen molar-refractivity contribution in [3.63, 3.8) is 0 Å². The molecule has 0 spiro atoms. The van der Waals surface area contributed by atoms with E-state index in [2.05, 4.69) is 5.73 Å². The lowest BCUT2D eigenvalue weighted by Gasteiger charge is -2.36. The fourth-order valence-electron chi connectivity index (χ4n) is 2.00. The number of ether oxygens (including phenoxy) is 2. The molecule has 4 atom stereocenters. The molecule has 2 rings (SSSR count). The van der Waals surface area contributed by atoms with Gasteiger partial charge in [0.05, 0.1) is 18.3 Å². The van der Waals surface area contributed by atoms with Gasteiger partial charge in [-0.15, -0.1) is 0 Å². The topological polar surface area (TPSA) is 160 Å². The van der Waals surface area contributed by atoms with Gasteiger partial charge < -0.3 is 35.6 Å². The third-order valence-corrected chi connectivity index (χ3v) is 3.06. The Kier molecular flexibility index (Phi) is 7.59. The molecule has 1 amide bonds. The molecule has 0 radical (unpaired) electrons. The first-order chi connectivity index (χ1) is 11.2. The van der Waals surface area contributed by atoms with Crippen LogP contribution in [0.1, 0.15) is 23.7 Å². The molecule has 1 aromatic carbocycles. The maximum absolute atomic E-state index is 10.8. The van der Waals surface area contributed by atoms with Gasteiger partial charge in [0.1, 0.15) is 18.0 Å². The number of aromatic carboxylic acids is 1. The number of rotatable bonds is 4. The molecule has 0 bridgehead atoms. The Morgan fingerprint density at radius 1 is 1.38 bits per heavy atom. The molecular weight excluding hydrogens is 322 g/mol. The molecule has 1 saturated heterocycles. The van der Waals surface area contributed by atoms with Gasteiger partial charge in [-0.05, 0) is 18.2 Å². The summed E-state index contributed by atoms with van der Waals surface area (Å²) < 4.78 is 10.7. The van der Waals surface area contributed by atoms with Gasteiger partial charge in [-0.25, -0.2) is 4.79 Å². The predicted molar refractivity (Wildman–Crippen MR) is 81.3 cm³/mol. The maximum atomic E-state index is 10.8. The van der Waals surface area contributed by atoms with E-state index in [1.165, 1.54) is 25.1 Å². The summed E-state index contributed by atoms with van der Waals surface area (Å²) in [5.74, 6) is -1.14. The van der Waals surface area contributed by atoms with Crippen molar-refractivity contribution in [1.82, 2.24) is 0 Å². The van der Waals surface area contributed by atoms with Gasteiger partial charge in [-0.2, -0.15) is 0 Å². The van der Waals surface area contributed by atoms with Gasteiger partial charge in [-0.3, -0.25) is 4.79 Å². The van der Waals surface area contributed by atoms with E-state index >= 15 is 0 Å². The van der Waals surface area contributed by atoms with Crippen LogP contribution in [-0.4, -0.2) is 63.5 Å². The quantitative estimate of drug-likeness (QED) is 0.469. The number of carboxylic acid groups (broad SMARTS) is 1. The van der Waals surface area contributed by atoms with Crippen molar-refractivity contribution in [2.45, 2.75) is 37.9 Å². The zero-order chi connectivity index (χ0) is 18.3. The van der Waals surface area contributed by atoms with Gasteiger partial charge in [-0.1, -0.05) is 6.07 Å². The number of aliphatic hydroxyl groups excluding tert-OH is 3. The first-order valence-corrected chi connectivity index (χ1v) is 7.13. The average molecular weight is 343 g/mol. The number of benzene rings is 1. The molecule has 9 heteroatoms. The molecule has 1 heterocycles. The molecule has 24 heavy (non-hydrogen) atoms. The Morgan fingerprint density at radius 3 is 2.54 bits per heavy atom. The average Bonchev–Trinajstić information content (AvgIpc) is 2.50. The number of primary amides is 1. The molecule has 134 valence electrons. The third kappa shape index (κ3) is 6.13. The fourth-order valence-corrected chi connectivity index (χ4v) is 2.00. The SMILES string of the molecule is CC(N)=O.O=C(O)c1cccc(OC2CC(O)C(O)C(CO)O2)c1. The van der Waals surface area contributed by atoms with Gasteiger partial charge in [0, 0.05) is 13.3 Å². The number of carboxylic acids is 1. The van der Waals surface area contributed by atoms with E-state index in [0.29, 0.717) is 0 Å². The molecule has 1 aliphatic rings. The minimum Gasteiger partial charge on any atom is -0.478 e. The Labute approximate surface area is 138 Å². The first-order valence-electron chi connectivity index (χ1n) is 7.13. The van der Waals surface area contributed by atoms with Crippen LogP contribution in [0.3, 0.4) is 0 Å². The second-order valence-electron chi connectivity index (χ2n) is 5.14. The number of aliphatic hydroxyl groups is 3. The van der Waals surface area contributed by atoms with Crippen molar-refractivity contribution in [1.29, 1.82) is 0 Å². The van der Waals surface area contributed by atoms with E-state index in [0.717, 1.165) is 0 Å². The number of carbonyl (C=O) groups excluding carboxylic acids is 1. The smallest absolute Gasteiger partial charge is 0.335 e. The highest BCUT2D eigenvalue weighted by Gasteiger charge is 2.37. The minimum absolute atomic E-state index is 0.0228. The lowest BCUT2D eigenvalue weighted by molar-refractivity contribution is -0.229. The maximum Gasteiger partial charge on any atom is 0.335 e. The number of carbonyl (C=O) groups is 2.